The van der Waals surface area contributed by atoms with Crippen LogP contribution in [0.5, 0.6) is 0 Å². The minimum Gasteiger partial charge on any atom is -0.450 e. The zero-order valence-corrected chi connectivity index (χ0v) is 12.8. The van der Waals surface area contributed by atoms with E-state index in [0.29, 0.717) is 12.6 Å². The first-order chi connectivity index (χ1) is 10.2. The van der Waals surface area contributed by atoms with Crippen LogP contribution in [0, 0.1) is 0 Å². The minimum atomic E-state index is -0.649. The van der Waals surface area contributed by atoms with Crippen molar-refractivity contribution in [2.24, 2.45) is 0 Å². The van der Waals surface area contributed by atoms with Crippen molar-refractivity contribution in [3.05, 3.63) is 0 Å². The molecule has 3 N–H and O–H groups in total. The summed E-state index contributed by atoms with van der Waals surface area (Å²) in [6, 6.07) is 0. The smallest absolute Gasteiger partial charge is 0.414 e. The van der Waals surface area contributed by atoms with Crippen molar-refractivity contribution in [3.8, 4) is 0 Å². The van der Waals surface area contributed by atoms with Crippen molar-refractivity contribution in [2.75, 3.05) is 52.5 Å². The molecule has 0 aromatic heterocycles. The summed E-state index contributed by atoms with van der Waals surface area (Å²) < 4.78 is 10.4. The van der Waals surface area contributed by atoms with Gasteiger partial charge in [-0.05, 0) is 19.8 Å². The lowest BCUT2D eigenvalue weighted by Crippen LogP contribution is -3.28. The molecule has 0 aromatic rings. The number of hydrogen-bond acceptors (Lipinski definition) is 4. The van der Waals surface area contributed by atoms with Crippen molar-refractivity contribution in [1.82, 2.24) is 5.32 Å². The van der Waals surface area contributed by atoms with Crippen LogP contribution in [0.25, 0.3) is 0 Å². The highest BCUT2D eigenvalue weighted by molar-refractivity contribution is 5.92. The van der Waals surface area contributed by atoms with Gasteiger partial charge < -0.3 is 19.3 Å². The predicted molar refractivity (Wildman–Crippen MR) is 75.3 cm³/mol. The van der Waals surface area contributed by atoms with E-state index in [4.69, 9.17) is 9.47 Å². The summed E-state index contributed by atoms with van der Waals surface area (Å²) in [6.07, 6.45) is 2.14. The summed E-state index contributed by atoms with van der Waals surface area (Å²) in [5, 5.41) is 2.25. The Balaban J connectivity index is 1.62. The van der Waals surface area contributed by atoms with Crippen molar-refractivity contribution < 1.29 is 28.9 Å². The minimum absolute atomic E-state index is 0.258. The zero-order valence-electron chi connectivity index (χ0n) is 12.8. The van der Waals surface area contributed by atoms with Crippen LogP contribution in [0.3, 0.4) is 0 Å². The van der Waals surface area contributed by atoms with Gasteiger partial charge in [-0.2, -0.15) is 0 Å². The molecule has 2 heterocycles. The first-order valence-electron chi connectivity index (χ1n) is 7.92. The van der Waals surface area contributed by atoms with Gasteiger partial charge in [0.15, 0.2) is 6.54 Å². The third kappa shape index (κ3) is 5.61. The fourth-order valence-corrected chi connectivity index (χ4v) is 3.02. The van der Waals surface area contributed by atoms with Gasteiger partial charge in [0.1, 0.15) is 38.8 Å². The highest BCUT2D eigenvalue weighted by Crippen LogP contribution is 2.09. The predicted octanol–water partition coefficient (Wildman–Crippen LogP) is -2.78. The molecule has 2 saturated heterocycles. The molecule has 0 spiro atoms. The fourth-order valence-electron chi connectivity index (χ4n) is 3.02. The summed E-state index contributed by atoms with van der Waals surface area (Å²) in [4.78, 5) is 25.7. The largest absolute Gasteiger partial charge is 0.450 e. The van der Waals surface area contributed by atoms with Crippen molar-refractivity contribution in [1.29, 1.82) is 0 Å². The van der Waals surface area contributed by atoms with Gasteiger partial charge in [-0.3, -0.25) is 10.1 Å². The van der Waals surface area contributed by atoms with Gasteiger partial charge in [-0.15, -0.1) is 0 Å². The number of imide groups is 1. The lowest BCUT2D eigenvalue weighted by molar-refractivity contribution is -1.01. The summed E-state index contributed by atoms with van der Waals surface area (Å²) >= 11 is 0. The van der Waals surface area contributed by atoms with Crippen LogP contribution in [0.1, 0.15) is 19.8 Å². The van der Waals surface area contributed by atoms with Crippen molar-refractivity contribution in [2.45, 2.75) is 25.9 Å². The zero-order chi connectivity index (χ0) is 15.1. The monoisotopic (exact) mass is 301 g/mol. The van der Waals surface area contributed by atoms with Crippen LogP contribution in [0.4, 0.5) is 4.79 Å². The maximum Gasteiger partial charge on any atom is 0.414 e. The van der Waals surface area contributed by atoms with Crippen LogP contribution < -0.4 is 15.1 Å². The van der Waals surface area contributed by atoms with Gasteiger partial charge in [-0.25, -0.2) is 4.79 Å². The SMILES string of the molecule is CCOC(=O)NC(=O)C[NH+]1CC[NH+](C[C@@H]2CCCO2)CC1. The second kappa shape index (κ2) is 8.31. The Morgan fingerprint density at radius 1 is 1.24 bits per heavy atom. The van der Waals surface area contributed by atoms with E-state index in [0.717, 1.165) is 39.3 Å². The second-order valence-electron chi connectivity index (χ2n) is 5.78. The Hall–Kier alpha value is -1.18. The normalized spacial score (nSPS) is 29.1. The number of nitrogens with one attached hydrogen (secondary N) is 3. The van der Waals surface area contributed by atoms with E-state index < -0.39 is 6.09 Å². The number of amides is 2. The van der Waals surface area contributed by atoms with E-state index in [9.17, 15) is 9.59 Å². The molecule has 120 valence electrons. The number of ether oxygens (including phenoxy) is 2. The summed E-state index contributed by atoms with van der Waals surface area (Å²) in [5.41, 5.74) is 0. The molecule has 2 fully saturated rings. The van der Waals surface area contributed by atoms with Gasteiger partial charge in [0.25, 0.3) is 5.91 Å². The Morgan fingerprint density at radius 2 is 1.95 bits per heavy atom. The van der Waals surface area contributed by atoms with Gasteiger partial charge in [-0.1, -0.05) is 0 Å². The quantitative estimate of drug-likeness (QED) is 0.514. The highest BCUT2D eigenvalue weighted by atomic mass is 16.5. The first-order valence-corrected chi connectivity index (χ1v) is 7.92. The van der Waals surface area contributed by atoms with Gasteiger partial charge in [0, 0.05) is 6.61 Å². The van der Waals surface area contributed by atoms with E-state index in [1.165, 1.54) is 17.7 Å². The maximum atomic E-state index is 11.7. The number of alkyl carbamates (subject to hydrolysis) is 1. The van der Waals surface area contributed by atoms with Crippen LogP contribution in [-0.2, 0) is 14.3 Å². The lowest BCUT2D eigenvalue weighted by atomic mass is 10.2. The standard InChI is InChI=1S/C14H25N3O4/c1-2-20-14(19)15-13(18)11-17-7-5-16(6-8-17)10-12-4-3-9-21-12/h12H,2-11H2,1H3,(H,15,18,19)/p+2/t12-/m0/s1. The molecule has 21 heavy (non-hydrogen) atoms. The Bertz CT molecular complexity index is 350. The molecule has 0 bridgehead atoms. The van der Waals surface area contributed by atoms with Gasteiger partial charge >= 0.3 is 6.09 Å². The maximum absolute atomic E-state index is 11.7. The van der Waals surface area contributed by atoms with Crippen LogP contribution >= 0.6 is 0 Å². The van der Waals surface area contributed by atoms with Gasteiger partial charge in [0.2, 0.25) is 0 Å². The second-order valence-corrected chi connectivity index (χ2v) is 5.78. The summed E-state index contributed by atoms with van der Waals surface area (Å²) in [6.45, 7) is 8.35. The molecule has 1 atom stereocenters. The molecule has 7 nitrogen and oxygen atoms in total. The molecule has 0 radical (unpaired) electrons. The molecular formula is C14H27N3O4+2. The third-order valence-corrected chi connectivity index (χ3v) is 4.13. The van der Waals surface area contributed by atoms with Crippen LogP contribution in [-0.4, -0.2) is 70.6 Å². The molecule has 2 rings (SSSR count). The molecule has 7 heteroatoms. The van der Waals surface area contributed by atoms with Crippen LogP contribution in [0.2, 0.25) is 0 Å². The highest BCUT2D eigenvalue weighted by Gasteiger charge is 2.28. The van der Waals surface area contributed by atoms with E-state index >= 15 is 0 Å². The van der Waals surface area contributed by atoms with E-state index in [-0.39, 0.29) is 12.5 Å². The molecule has 0 aliphatic carbocycles. The lowest BCUT2D eigenvalue weighted by Gasteiger charge is -2.30. The van der Waals surface area contributed by atoms with E-state index in [1.807, 2.05) is 0 Å². The number of rotatable bonds is 5. The molecular weight excluding hydrogens is 274 g/mol. The number of carbonyl (C=O) groups excluding carboxylic acids is 2. The summed E-state index contributed by atoms with van der Waals surface area (Å²) in [7, 11) is 0. The molecule has 2 amide bonds. The number of carbonyl (C=O) groups is 2. The van der Waals surface area contributed by atoms with E-state index in [2.05, 4.69) is 5.32 Å². The molecule has 0 unspecified atom stereocenters. The number of hydrogen-bond donors (Lipinski definition) is 3. The average Bonchev–Trinajstić information content (AvgIpc) is 2.94. The first kappa shape index (κ1) is 16.2. The molecule has 0 aromatic carbocycles. The van der Waals surface area contributed by atoms with Crippen LogP contribution in [0.15, 0.2) is 0 Å². The van der Waals surface area contributed by atoms with Crippen molar-refractivity contribution in [3.63, 3.8) is 0 Å². The Morgan fingerprint density at radius 3 is 2.57 bits per heavy atom. The fraction of sp³-hybridized carbons (Fsp3) is 0.857. The Kier molecular flexibility index (Phi) is 6.41. The molecule has 0 saturated carbocycles. The number of quaternary nitrogens is 2. The molecule has 2 aliphatic rings. The summed E-state index contributed by atoms with van der Waals surface area (Å²) in [5.74, 6) is -0.258. The Labute approximate surface area is 125 Å². The molecule has 2 aliphatic heterocycles. The topological polar surface area (TPSA) is 73.5 Å². The van der Waals surface area contributed by atoms with Gasteiger partial charge in [0.05, 0.1) is 6.61 Å². The third-order valence-electron chi connectivity index (χ3n) is 4.13. The number of piperazine rings is 1. The average molecular weight is 301 g/mol. The van der Waals surface area contributed by atoms with E-state index in [1.54, 1.807) is 11.8 Å². The van der Waals surface area contributed by atoms with Crippen molar-refractivity contribution >= 4 is 12.0 Å².